The SMILES string of the molecule is CN(CCCC(=O)Nc1ccccc1)S(=O)(=O)c1ccc2c(c1)C(=O)c1ccccc1C2=O. The van der Waals surface area contributed by atoms with Gasteiger partial charge in [0.25, 0.3) is 0 Å². The number of anilines is 1. The maximum absolute atomic E-state index is 13.0. The second kappa shape index (κ2) is 9.09. The van der Waals surface area contributed by atoms with Crippen LogP contribution in [-0.4, -0.2) is 43.8 Å². The minimum absolute atomic E-state index is 0.0713. The molecule has 0 unspecified atom stereocenters. The third kappa shape index (κ3) is 4.48. The standard InChI is InChI=1S/C25H22N2O5S/c1-27(15-7-12-23(28)26-17-8-3-2-4-9-17)33(31,32)18-13-14-21-22(16-18)25(30)20-11-6-5-10-19(20)24(21)29/h2-6,8-11,13-14,16H,7,12,15H2,1H3,(H,26,28). The normalized spacial score (nSPS) is 12.9. The van der Waals surface area contributed by atoms with Crippen molar-refractivity contribution in [2.45, 2.75) is 17.7 Å². The van der Waals surface area contributed by atoms with Crippen molar-refractivity contribution in [1.82, 2.24) is 4.31 Å². The maximum Gasteiger partial charge on any atom is 0.242 e. The van der Waals surface area contributed by atoms with Crippen LogP contribution in [0.4, 0.5) is 5.69 Å². The van der Waals surface area contributed by atoms with Gasteiger partial charge in [-0.1, -0.05) is 42.5 Å². The number of carbonyl (C=O) groups excluding carboxylic acids is 3. The number of para-hydroxylation sites is 1. The lowest BCUT2D eigenvalue weighted by molar-refractivity contribution is -0.116. The summed E-state index contributed by atoms with van der Waals surface area (Å²) in [6, 6.07) is 19.5. The fourth-order valence-corrected chi connectivity index (χ4v) is 4.98. The van der Waals surface area contributed by atoms with Gasteiger partial charge in [-0.25, -0.2) is 12.7 Å². The molecular weight excluding hydrogens is 440 g/mol. The van der Waals surface area contributed by atoms with Gasteiger partial charge in [-0.15, -0.1) is 0 Å². The van der Waals surface area contributed by atoms with Crippen molar-refractivity contribution in [2.75, 3.05) is 18.9 Å². The maximum atomic E-state index is 13.0. The minimum atomic E-state index is -3.91. The molecule has 0 bridgehead atoms. The zero-order valence-corrected chi connectivity index (χ0v) is 18.8. The lowest BCUT2D eigenvalue weighted by Crippen LogP contribution is -2.29. The molecule has 4 rings (SSSR count). The predicted octanol–water partition coefficient (Wildman–Crippen LogP) is 3.50. The average Bonchev–Trinajstić information content (AvgIpc) is 2.82. The topological polar surface area (TPSA) is 101 Å². The summed E-state index contributed by atoms with van der Waals surface area (Å²) < 4.78 is 27.2. The molecule has 1 amide bonds. The highest BCUT2D eigenvalue weighted by Gasteiger charge is 2.31. The van der Waals surface area contributed by atoms with Gasteiger partial charge in [-0.05, 0) is 36.8 Å². The van der Waals surface area contributed by atoms with E-state index in [-0.39, 0.29) is 52.0 Å². The number of ketones is 2. The molecule has 0 aliphatic heterocycles. The Morgan fingerprint density at radius 1 is 0.818 bits per heavy atom. The molecular formula is C25H22N2O5S. The average molecular weight is 463 g/mol. The van der Waals surface area contributed by atoms with E-state index in [4.69, 9.17) is 0 Å². The number of carbonyl (C=O) groups is 3. The molecule has 0 fully saturated rings. The molecule has 0 aromatic heterocycles. The van der Waals surface area contributed by atoms with E-state index >= 15 is 0 Å². The van der Waals surface area contributed by atoms with E-state index in [1.165, 1.54) is 25.2 Å². The molecule has 0 radical (unpaired) electrons. The third-order valence-corrected chi connectivity index (χ3v) is 7.39. The molecule has 168 valence electrons. The van der Waals surface area contributed by atoms with Crippen LogP contribution in [0.2, 0.25) is 0 Å². The Hall–Kier alpha value is -3.62. The summed E-state index contributed by atoms with van der Waals surface area (Å²) in [6.45, 7) is 0.122. The van der Waals surface area contributed by atoms with Crippen LogP contribution in [0.15, 0.2) is 77.7 Å². The van der Waals surface area contributed by atoms with Crippen LogP contribution in [0.5, 0.6) is 0 Å². The largest absolute Gasteiger partial charge is 0.326 e. The van der Waals surface area contributed by atoms with E-state index in [1.54, 1.807) is 36.4 Å². The van der Waals surface area contributed by atoms with Crippen molar-refractivity contribution < 1.29 is 22.8 Å². The Labute approximate surface area is 192 Å². The van der Waals surface area contributed by atoms with Crippen LogP contribution in [0.1, 0.15) is 44.7 Å². The molecule has 0 spiro atoms. The van der Waals surface area contributed by atoms with Crippen molar-refractivity contribution in [3.05, 3.63) is 95.1 Å². The quantitative estimate of drug-likeness (QED) is 0.453. The molecule has 0 saturated heterocycles. The van der Waals surface area contributed by atoms with Gasteiger partial charge in [0.05, 0.1) is 4.90 Å². The summed E-state index contributed by atoms with van der Waals surface area (Å²) in [6.07, 6.45) is 0.479. The highest BCUT2D eigenvalue weighted by Crippen LogP contribution is 2.29. The number of nitrogens with one attached hydrogen (secondary N) is 1. The summed E-state index contributed by atoms with van der Waals surface area (Å²) in [5, 5.41) is 2.76. The number of hydrogen-bond donors (Lipinski definition) is 1. The number of fused-ring (bicyclic) bond motifs is 2. The number of sulfonamides is 1. The molecule has 1 aliphatic carbocycles. The summed E-state index contributed by atoms with van der Waals surface area (Å²) in [7, 11) is -2.49. The van der Waals surface area contributed by atoms with E-state index in [0.29, 0.717) is 17.7 Å². The first-order valence-electron chi connectivity index (χ1n) is 10.4. The van der Waals surface area contributed by atoms with Gasteiger partial charge in [-0.2, -0.15) is 0 Å². The van der Waals surface area contributed by atoms with Gasteiger partial charge in [0.1, 0.15) is 0 Å². The van der Waals surface area contributed by atoms with Crippen molar-refractivity contribution in [3.63, 3.8) is 0 Å². The predicted molar refractivity (Wildman–Crippen MR) is 124 cm³/mol. The Morgan fingerprint density at radius 2 is 1.39 bits per heavy atom. The Kier molecular flexibility index (Phi) is 6.22. The molecule has 3 aromatic carbocycles. The smallest absolute Gasteiger partial charge is 0.242 e. The number of hydrogen-bond acceptors (Lipinski definition) is 5. The number of nitrogens with zero attached hydrogens (tertiary/aromatic N) is 1. The van der Waals surface area contributed by atoms with Crippen molar-refractivity contribution >= 4 is 33.2 Å². The van der Waals surface area contributed by atoms with Gasteiger partial charge in [0.2, 0.25) is 15.9 Å². The lowest BCUT2D eigenvalue weighted by atomic mass is 9.84. The van der Waals surface area contributed by atoms with Crippen LogP contribution in [0, 0.1) is 0 Å². The van der Waals surface area contributed by atoms with E-state index in [9.17, 15) is 22.8 Å². The summed E-state index contributed by atoms with van der Waals surface area (Å²) >= 11 is 0. The van der Waals surface area contributed by atoms with Gasteiger partial charge < -0.3 is 5.32 Å². The van der Waals surface area contributed by atoms with Crippen molar-refractivity contribution in [3.8, 4) is 0 Å². The second-order valence-corrected chi connectivity index (χ2v) is 9.80. The number of amides is 1. The Bertz CT molecular complexity index is 1350. The minimum Gasteiger partial charge on any atom is -0.326 e. The molecule has 1 aliphatic rings. The van der Waals surface area contributed by atoms with Crippen LogP contribution >= 0.6 is 0 Å². The van der Waals surface area contributed by atoms with Crippen LogP contribution in [0.3, 0.4) is 0 Å². The van der Waals surface area contributed by atoms with Crippen LogP contribution < -0.4 is 5.32 Å². The van der Waals surface area contributed by atoms with Crippen LogP contribution in [0.25, 0.3) is 0 Å². The number of benzene rings is 3. The van der Waals surface area contributed by atoms with E-state index in [0.717, 1.165) is 4.31 Å². The highest BCUT2D eigenvalue weighted by molar-refractivity contribution is 7.89. The third-order valence-electron chi connectivity index (χ3n) is 5.54. The van der Waals surface area contributed by atoms with Gasteiger partial charge in [0, 0.05) is 48.0 Å². The summed E-state index contributed by atoms with van der Waals surface area (Å²) in [5.41, 5.74) is 1.53. The molecule has 1 N–H and O–H groups in total. The fraction of sp³-hybridized carbons (Fsp3) is 0.160. The first-order chi connectivity index (χ1) is 15.8. The summed E-state index contributed by atoms with van der Waals surface area (Å²) in [4.78, 5) is 37.7. The van der Waals surface area contributed by atoms with Crippen molar-refractivity contribution in [1.29, 1.82) is 0 Å². The van der Waals surface area contributed by atoms with Gasteiger partial charge in [-0.3, -0.25) is 14.4 Å². The Balaban J connectivity index is 1.45. The monoisotopic (exact) mass is 462 g/mol. The highest BCUT2D eigenvalue weighted by atomic mass is 32.2. The van der Waals surface area contributed by atoms with Gasteiger partial charge >= 0.3 is 0 Å². The molecule has 0 atom stereocenters. The molecule has 0 saturated carbocycles. The molecule has 0 heterocycles. The van der Waals surface area contributed by atoms with E-state index in [1.807, 2.05) is 18.2 Å². The first kappa shape index (κ1) is 22.6. The number of rotatable bonds is 7. The van der Waals surface area contributed by atoms with Crippen LogP contribution in [-0.2, 0) is 14.8 Å². The molecule has 7 nitrogen and oxygen atoms in total. The second-order valence-electron chi connectivity index (χ2n) is 7.76. The van der Waals surface area contributed by atoms with E-state index < -0.39 is 10.0 Å². The van der Waals surface area contributed by atoms with Gasteiger partial charge in [0.15, 0.2) is 11.6 Å². The molecule has 33 heavy (non-hydrogen) atoms. The zero-order valence-electron chi connectivity index (χ0n) is 17.9. The first-order valence-corrected chi connectivity index (χ1v) is 11.9. The fourth-order valence-electron chi connectivity index (χ4n) is 3.75. The van der Waals surface area contributed by atoms with E-state index in [2.05, 4.69) is 5.32 Å². The molecule has 8 heteroatoms. The van der Waals surface area contributed by atoms with Crippen molar-refractivity contribution in [2.24, 2.45) is 0 Å². The molecule has 3 aromatic rings. The zero-order chi connectivity index (χ0) is 23.6. The lowest BCUT2D eigenvalue weighted by Gasteiger charge is -2.20. The Morgan fingerprint density at radius 3 is 2.06 bits per heavy atom. The summed E-state index contributed by atoms with van der Waals surface area (Å²) in [5.74, 6) is -0.886.